The number of nitrogens with two attached hydrogens (primary N) is 1. The third-order valence-electron chi connectivity index (χ3n) is 8.06. The van der Waals surface area contributed by atoms with Crippen molar-refractivity contribution in [2.75, 3.05) is 26.4 Å². The Bertz CT molecular complexity index is 851. The minimum Gasteiger partial charge on any atom is -0.462 e. The average Bonchev–Trinajstić information content (AvgIpc) is 3.07. The summed E-state index contributed by atoms with van der Waals surface area (Å²) in [7, 11) is -4.37. The second-order valence-electron chi connectivity index (χ2n) is 12.8. The molecule has 0 amide bonds. The van der Waals surface area contributed by atoms with Gasteiger partial charge in [0.2, 0.25) is 0 Å². The van der Waals surface area contributed by atoms with E-state index in [0.717, 1.165) is 77.0 Å². The van der Waals surface area contributed by atoms with Crippen LogP contribution >= 0.6 is 7.82 Å². The lowest BCUT2D eigenvalue weighted by Gasteiger charge is -2.19. The summed E-state index contributed by atoms with van der Waals surface area (Å²) in [6.45, 7) is 3.66. The van der Waals surface area contributed by atoms with Gasteiger partial charge in [0.15, 0.2) is 6.10 Å². The van der Waals surface area contributed by atoms with E-state index >= 15 is 0 Å². The van der Waals surface area contributed by atoms with Crippen LogP contribution in [0.1, 0.15) is 174 Å². The molecule has 48 heavy (non-hydrogen) atoms. The fourth-order valence-electron chi connectivity index (χ4n) is 5.14. The van der Waals surface area contributed by atoms with Gasteiger partial charge in [-0.1, -0.05) is 128 Å². The number of phosphoric acid groups is 1. The first-order chi connectivity index (χ1) is 23.3. The van der Waals surface area contributed by atoms with Crippen molar-refractivity contribution in [3.63, 3.8) is 0 Å². The van der Waals surface area contributed by atoms with Gasteiger partial charge in [0.1, 0.15) is 6.61 Å². The van der Waals surface area contributed by atoms with E-state index in [9.17, 15) is 19.0 Å². The molecule has 9 nitrogen and oxygen atoms in total. The molecule has 2 atom stereocenters. The van der Waals surface area contributed by atoms with Crippen LogP contribution < -0.4 is 5.73 Å². The molecule has 0 rings (SSSR count). The van der Waals surface area contributed by atoms with Crippen molar-refractivity contribution in [3.05, 3.63) is 24.3 Å². The van der Waals surface area contributed by atoms with Gasteiger partial charge >= 0.3 is 19.8 Å². The summed E-state index contributed by atoms with van der Waals surface area (Å²) in [6, 6.07) is 0. The van der Waals surface area contributed by atoms with Gasteiger partial charge in [-0.15, -0.1) is 0 Å². The topological polar surface area (TPSA) is 134 Å². The van der Waals surface area contributed by atoms with Crippen LogP contribution in [0.15, 0.2) is 24.3 Å². The molecule has 0 aromatic carbocycles. The lowest BCUT2D eigenvalue weighted by atomic mass is 10.1. The number of unbranched alkanes of at least 4 members (excludes halogenated alkanes) is 19. The van der Waals surface area contributed by atoms with Crippen LogP contribution in [0.4, 0.5) is 0 Å². The quantitative estimate of drug-likeness (QED) is 0.0283. The molecule has 0 heterocycles. The molecule has 10 heteroatoms. The molecular formula is C38H72NO8P. The number of ether oxygens (including phenoxy) is 2. The average molecular weight is 702 g/mol. The van der Waals surface area contributed by atoms with Crippen molar-refractivity contribution >= 4 is 19.8 Å². The van der Waals surface area contributed by atoms with E-state index in [1.807, 2.05) is 0 Å². The van der Waals surface area contributed by atoms with Crippen LogP contribution in [0.3, 0.4) is 0 Å². The Labute approximate surface area is 293 Å². The van der Waals surface area contributed by atoms with E-state index in [1.54, 1.807) is 0 Å². The zero-order chi connectivity index (χ0) is 35.4. The predicted octanol–water partition coefficient (Wildman–Crippen LogP) is 10.4. The highest BCUT2D eigenvalue weighted by atomic mass is 31.2. The van der Waals surface area contributed by atoms with Crippen LogP contribution in [0.5, 0.6) is 0 Å². The van der Waals surface area contributed by atoms with E-state index < -0.39 is 32.5 Å². The zero-order valence-corrected chi connectivity index (χ0v) is 31.6. The van der Waals surface area contributed by atoms with Crippen molar-refractivity contribution in [3.8, 4) is 0 Å². The SMILES string of the molecule is CCCC/C=C\CCCCCCCC(=O)OC[C@H](COP(=O)(O)OCCN)OC(=O)CCCCCCC/C=C\CCCCCCCCC. The van der Waals surface area contributed by atoms with Crippen molar-refractivity contribution in [2.45, 2.75) is 180 Å². The zero-order valence-electron chi connectivity index (χ0n) is 30.7. The lowest BCUT2D eigenvalue weighted by molar-refractivity contribution is -0.161. The van der Waals surface area contributed by atoms with Gasteiger partial charge in [0.05, 0.1) is 13.2 Å². The molecule has 0 aromatic rings. The van der Waals surface area contributed by atoms with Gasteiger partial charge < -0.3 is 20.1 Å². The molecule has 0 saturated heterocycles. The number of esters is 2. The van der Waals surface area contributed by atoms with E-state index in [0.29, 0.717) is 6.42 Å². The van der Waals surface area contributed by atoms with Gasteiger partial charge in [-0.25, -0.2) is 4.57 Å². The standard InChI is InChI=1S/C38H72NO8P/c1-3-5-7-9-11-13-15-16-17-18-19-21-23-25-27-29-31-38(41)47-36(35-46-48(42,43)45-33-32-39)34-44-37(40)30-28-26-24-22-20-14-12-10-8-6-4-2/h10,12,17-18,36H,3-9,11,13-16,19-35,39H2,1-2H3,(H,42,43)/b12-10-,18-17-/t36-/m1/s1. The van der Waals surface area contributed by atoms with Crippen LogP contribution in [0.2, 0.25) is 0 Å². The van der Waals surface area contributed by atoms with E-state index in [2.05, 4.69) is 38.2 Å². The molecule has 0 aliphatic carbocycles. The third-order valence-corrected chi connectivity index (χ3v) is 9.04. The molecule has 0 saturated carbocycles. The monoisotopic (exact) mass is 701 g/mol. The number of carbonyl (C=O) groups excluding carboxylic acids is 2. The van der Waals surface area contributed by atoms with Crippen molar-refractivity contribution in [2.24, 2.45) is 5.73 Å². The minimum atomic E-state index is -4.37. The smallest absolute Gasteiger partial charge is 0.462 e. The highest BCUT2D eigenvalue weighted by Gasteiger charge is 2.25. The summed E-state index contributed by atoms with van der Waals surface area (Å²) in [4.78, 5) is 34.7. The fraction of sp³-hybridized carbons (Fsp3) is 0.842. The summed E-state index contributed by atoms with van der Waals surface area (Å²) >= 11 is 0. The maximum atomic E-state index is 12.5. The molecule has 0 bridgehead atoms. The Hall–Kier alpha value is -1.51. The molecule has 0 aromatic heterocycles. The molecule has 282 valence electrons. The summed E-state index contributed by atoms with van der Waals surface area (Å²) in [5.41, 5.74) is 5.33. The molecule has 0 spiro atoms. The first-order valence-electron chi connectivity index (χ1n) is 19.3. The molecule has 0 aliphatic rings. The first-order valence-corrected chi connectivity index (χ1v) is 20.8. The van der Waals surface area contributed by atoms with Gasteiger partial charge in [0.25, 0.3) is 0 Å². The van der Waals surface area contributed by atoms with E-state index in [1.165, 1.54) is 64.2 Å². The lowest BCUT2D eigenvalue weighted by Crippen LogP contribution is -2.29. The summed E-state index contributed by atoms with van der Waals surface area (Å²) < 4.78 is 32.6. The normalized spacial score (nSPS) is 13.7. The number of hydrogen-bond donors (Lipinski definition) is 2. The van der Waals surface area contributed by atoms with E-state index in [-0.39, 0.29) is 32.6 Å². The Morgan fingerprint density at radius 2 is 1.04 bits per heavy atom. The number of phosphoric ester groups is 1. The van der Waals surface area contributed by atoms with Gasteiger partial charge in [-0.3, -0.25) is 18.6 Å². The van der Waals surface area contributed by atoms with Gasteiger partial charge in [-0.05, 0) is 57.8 Å². The van der Waals surface area contributed by atoms with Crippen LogP contribution in [0.25, 0.3) is 0 Å². The number of allylic oxidation sites excluding steroid dienone is 4. The first kappa shape index (κ1) is 46.5. The molecule has 3 N–H and O–H groups in total. The molecular weight excluding hydrogens is 629 g/mol. The number of rotatable bonds is 36. The van der Waals surface area contributed by atoms with Gasteiger partial charge in [-0.2, -0.15) is 0 Å². The van der Waals surface area contributed by atoms with Crippen molar-refractivity contribution < 1.29 is 37.6 Å². The minimum absolute atomic E-state index is 0.0516. The third kappa shape index (κ3) is 34.4. The largest absolute Gasteiger partial charge is 0.472 e. The molecule has 0 aliphatic heterocycles. The number of hydrogen-bond acceptors (Lipinski definition) is 8. The van der Waals surface area contributed by atoms with Crippen LogP contribution in [-0.4, -0.2) is 49.3 Å². The number of carbonyl (C=O) groups is 2. The van der Waals surface area contributed by atoms with Crippen LogP contribution in [0, 0.1) is 0 Å². The Morgan fingerprint density at radius 1 is 0.604 bits per heavy atom. The second kappa shape index (κ2) is 35.3. The summed E-state index contributed by atoms with van der Waals surface area (Å²) in [6.07, 6.45) is 34.9. The Morgan fingerprint density at radius 3 is 1.54 bits per heavy atom. The molecule has 1 unspecified atom stereocenters. The Kier molecular flexibility index (Phi) is 34.2. The fourth-order valence-corrected chi connectivity index (χ4v) is 5.90. The predicted molar refractivity (Wildman–Crippen MR) is 197 cm³/mol. The maximum absolute atomic E-state index is 12.5. The van der Waals surface area contributed by atoms with E-state index in [4.69, 9.17) is 24.3 Å². The molecule has 0 radical (unpaired) electrons. The second-order valence-corrected chi connectivity index (χ2v) is 14.2. The molecule has 0 fully saturated rings. The summed E-state index contributed by atoms with van der Waals surface area (Å²) in [5, 5.41) is 0. The van der Waals surface area contributed by atoms with Gasteiger partial charge in [0, 0.05) is 19.4 Å². The van der Waals surface area contributed by atoms with Crippen LogP contribution in [-0.2, 0) is 32.7 Å². The highest BCUT2D eigenvalue weighted by molar-refractivity contribution is 7.47. The highest BCUT2D eigenvalue weighted by Crippen LogP contribution is 2.43. The summed E-state index contributed by atoms with van der Waals surface area (Å²) in [5.74, 6) is -0.849. The van der Waals surface area contributed by atoms with Crippen molar-refractivity contribution in [1.29, 1.82) is 0 Å². The Balaban J connectivity index is 4.22. The van der Waals surface area contributed by atoms with Crippen molar-refractivity contribution in [1.82, 2.24) is 0 Å². The maximum Gasteiger partial charge on any atom is 0.472 e.